The summed E-state index contributed by atoms with van der Waals surface area (Å²) in [6, 6.07) is 9.66. The summed E-state index contributed by atoms with van der Waals surface area (Å²) in [5.74, 6) is -0.408. The van der Waals surface area contributed by atoms with E-state index >= 15 is 0 Å². The number of hydrogen-bond donors (Lipinski definition) is 0. The molecule has 0 bridgehead atoms. The summed E-state index contributed by atoms with van der Waals surface area (Å²) in [6.45, 7) is 0. The van der Waals surface area contributed by atoms with Crippen molar-refractivity contribution in [3.05, 3.63) is 52.0 Å². The maximum absolute atomic E-state index is 11.0. The normalized spacial score (nSPS) is 10.9. The quantitative estimate of drug-likeness (QED) is 0.678. The van der Waals surface area contributed by atoms with Crippen molar-refractivity contribution in [2.45, 2.75) is 0 Å². The third-order valence-corrected chi connectivity index (χ3v) is 3.20. The van der Waals surface area contributed by atoms with Crippen LogP contribution in [0.2, 0.25) is 10.0 Å². The lowest BCUT2D eigenvalue weighted by Crippen LogP contribution is -1.94. The van der Waals surface area contributed by atoms with E-state index < -0.39 is 5.97 Å². The molecule has 3 aromatic rings. The van der Waals surface area contributed by atoms with Gasteiger partial charge in [0.25, 0.3) is 0 Å². The van der Waals surface area contributed by atoms with Crippen molar-refractivity contribution in [1.82, 2.24) is 4.98 Å². The Morgan fingerprint density at radius 1 is 1.10 bits per heavy atom. The summed E-state index contributed by atoms with van der Waals surface area (Å²) in [7, 11) is 0. The zero-order valence-electron chi connectivity index (χ0n) is 9.98. The molecule has 2 N–H and O–H groups in total. The second kappa shape index (κ2) is 4.81. The third kappa shape index (κ3) is 2.35. The third-order valence-electron chi connectivity index (χ3n) is 2.76. The minimum atomic E-state index is -0.768. The Labute approximate surface area is 123 Å². The molecule has 0 atom stereocenters. The van der Waals surface area contributed by atoms with Gasteiger partial charge in [0.15, 0.2) is 5.58 Å². The van der Waals surface area contributed by atoms with Crippen molar-refractivity contribution in [2.75, 3.05) is 0 Å². The van der Waals surface area contributed by atoms with E-state index in [9.17, 15) is 4.79 Å². The molecular formula is C14H8Cl2NO3+. The molecule has 4 nitrogen and oxygen atoms in total. The number of benzene rings is 2. The van der Waals surface area contributed by atoms with Gasteiger partial charge in [-0.2, -0.15) is 0 Å². The van der Waals surface area contributed by atoms with E-state index in [1.165, 1.54) is 12.1 Å². The molecule has 0 unspecified atom stereocenters. The molecule has 6 heteroatoms. The topological polar surface area (TPSA) is 66.0 Å². The first kappa shape index (κ1) is 13.0. The zero-order chi connectivity index (χ0) is 14.3. The number of carbonyl (C=O) groups excluding carboxylic acids is 1. The fourth-order valence-corrected chi connectivity index (χ4v) is 2.39. The van der Waals surface area contributed by atoms with Crippen LogP contribution in [-0.2, 0) is 0 Å². The van der Waals surface area contributed by atoms with Gasteiger partial charge in [-0.15, -0.1) is 0 Å². The molecule has 0 radical (unpaired) electrons. The Morgan fingerprint density at radius 2 is 1.80 bits per heavy atom. The van der Waals surface area contributed by atoms with Crippen LogP contribution in [0.4, 0.5) is 0 Å². The first-order chi connectivity index (χ1) is 9.52. The van der Waals surface area contributed by atoms with Crippen LogP contribution in [0.15, 0.2) is 40.8 Å². The molecule has 0 amide bonds. The van der Waals surface area contributed by atoms with Crippen molar-refractivity contribution >= 4 is 40.3 Å². The maximum atomic E-state index is 11.0. The van der Waals surface area contributed by atoms with Crippen LogP contribution in [-0.4, -0.2) is 16.1 Å². The van der Waals surface area contributed by atoms with Crippen molar-refractivity contribution < 1.29 is 14.3 Å². The van der Waals surface area contributed by atoms with Crippen LogP contribution in [0.5, 0.6) is 0 Å². The van der Waals surface area contributed by atoms with Gasteiger partial charge in [0.1, 0.15) is 11.1 Å². The van der Waals surface area contributed by atoms with Crippen LogP contribution in [0.25, 0.3) is 22.6 Å². The van der Waals surface area contributed by atoms with E-state index in [0.717, 1.165) is 0 Å². The highest BCUT2D eigenvalue weighted by atomic mass is 35.5. The van der Waals surface area contributed by atoms with Gasteiger partial charge in [-0.3, -0.25) is 0 Å². The Morgan fingerprint density at radius 3 is 2.45 bits per heavy atom. The molecule has 100 valence electrons. The molecule has 1 aromatic heterocycles. The molecule has 0 aliphatic carbocycles. The second-order valence-electron chi connectivity index (χ2n) is 4.19. The predicted octanol–water partition coefficient (Wildman–Crippen LogP) is 3.67. The van der Waals surface area contributed by atoms with Crippen LogP contribution in [0.1, 0.15) is 10.4 Å². The van der Waals surface area contributed by atoms with Gasteiger partial charge in [0, 0.05) is 26.5 Å². The first-order valence-electron chi connectivity index (χ1n) is 5.66. The van der Waals surface area contributed by atoms with Gasteiger partial charge in [-0.25, -0.2) is 4.98 Å². The van der Waals surface area contributed by atoms with Gasteiger partial charge < -0.3 is 9.52 Å². The summed E-state index contributed by atoms with van der Waals surface area (Å²) in [5, 5.41) is 8.05. The van der Waals surface area contributed by atoms with Crippen molar-refractivity contribution in [2.24, 2.45) is 0 Å². The fraction of sp³-hybridized carbons (Fsp3) is 0. The molecule has 0 aliphatic rings. The first-order valence-corrected chi connectivity index (χ1v) is 6.41. The van der Waals surface area contributed by atoms with Gasteiger partial charge in [-0.05, 0) is 30.3 Å². The average Bonchev–Trinajstić information content (AvgIpc) is 2.80. The highest BCUT2D eigenvalue weighted by molar-refractivity contribution is 6.35. The Bertz CT molecular complexity index is 806. The Balaban J connectivity index is 2.15. The zero-order valence-corrected chi connectivity index (χ0v) is 11.5. The standard InChI is InChI=1S/C14H7Cl2NO3/c15-9-3-8(4-10(16)6-9)13-17-11-2-1-7(14(18)19)5-12(11)20-13/h1-6H,(H,18,19)/p+1. The maximum Gasteiger partial charge on any atom is 0.549 e. The molecule has 3 rings (SSSR count). The number of nitrogens with zero attached hydrogens (tertiary/aromatic N) is 1. The molecule has 0 fully saturated rings. The summed E-state index contributed by atoms with van der Waals surface area (Å²) in [6.07, 6.45) is 0. The van der Waals surface area contributed by atoms with E-state index in [0.29, 0.717) is 32.6 Å². The molecule has 0 aliphatic heterocycles. The Hall–Kier alpha value is -2.04. The lowest BCUT2D eigenvalue weighted by atomic mass is 10.2. The lowest BCUT2D eigenvalue weighted by molar-refractivity contribution is 0.0697. The number of oxazole rings is 1. The van der Waals surface area contributed by atoms with E-state index in [4.69, 9.17) is 32.7 Å². The van der Waals surface area contributed by atoms with Gasteiger partial charge in [0.2, 0.25) is 5.89 Å². The lowest BCUT2D eigenvalue weighted by Gasteiger charge is -1.97. The van der Waals surface area contributed by atoms with Crippen LogP contribution >= 0.6 is 23.2 Å². The number of rotatable bonds is 2. The molecular weight excluding hydrogens is 301 g/mol. The molecule has 0 spiro atoms. The van der Waals surface area contributed by atoms with E-state index in [-0.39, 0.29) is 5.56 Å². The van der Waals surface area contributed by atoms with Crippen molar-refractivity contribution in [1.29, 1.82) is 0 Å². The van der Waals surface area contributed by atoms with E-state index in [1.54, 1.807) is 24.3 Å². The number of halogens is 2. The van der Waals surface area contributed by atoms with Crippen LogP contribution < -0.4 is 0 Å². The average molecular weight is 309 g/mol. The second-order valence-corrected chi connectivity index (χ2v) is 5.06. The molecule has 0 saturated carbocycles. The highest BCUT2D eigenvalue weighted by Crippen LogP contribution is 2.29. The smallest absolute Gasteiger partial charge is 0.549 e. The number of carbonyl (C=O) groups is 1. The predicted molar refractivity (Wildman–Crippen MR) is 77.4 cm³/mol. The Kier molecular flexibility index (Phi) is 3.12. The number of fused-ring (bicyclic) bond motifs is 1. The minimum Gasteiger partial charge on any atom is -0.561 e. The minimum absolute atomic E-state index is 0.254. The van der Waals surface area contributed by atoms with Crippen LogP contribution in [0.3, 0.4) is 0 Å². The number of aromatic nitrogens is 1. The molecule has 2 aromatic carbocycles. The molecule has 0 saturated heterocycles. The van der Waals surface area contributed by atoms with Crippen molar-refractivity contribution in [3.63, 3.8) is 0 Å². The largest absolute Gasteiger partial charge is 0.561 e. The van der Waals surface area contributed by atoms with E-state index in [2.05, 4.69) is 4.98 Å². The number of hydrogen-bond acceptors (Lipinski definition) is 3. The fourth-order valence-electron chi connectivity index (χ4n) is 1.87. The molecule has 1 heterocycles. The van der Waals surface area contributed by atoms with Gasteiger partial charge in [-0.1, -0.05) is 23.2 Å². The highest BCUT2D eigenvalue weighted by Gasteiger charge is 2.15. The van der Waals surface area contributed by atoms with Gasteiger partial charge >= 0.3 is 5.97 Å². The molecule has 20 heavy (non-hydrogen) atoms. The van der Waals surface area contributed by atoms with Crippen molar-refractivity contribution in [3.8, 4) is 11.5 Å². The monoisotopic (exact) mass is 308 g/mol. The summed E-state index contributed by atoms with van der Waals surface area (Å²) >= 11 is 11.9. The van der Waals surface area contributed by atoms with Crippen LogP contribution in [0, 0.1) is 0 Å². The van der Waals surface area contributed by atoms with E-state index in [1.807, 2.05) is 0 Å². The summed E-state index contributed by atoms with van der Waals surface area (Å²) < 4.78 is 5.59. The SMILES string of the molecule is O=C([OH2+])c1ccc2nc(-c3cc(Cl)cc(Cl)c3)oc2c1. The summed E-state index contributed by atoms with van der Waals surface area (Å²) in [5.41, 5.74) is 1.94. The van der Waals surface area contributed by atoms with Gasteiger partial charge in [0.05, 0.1) is 0 Å². The summed E-state index contributed by atoms with van der Waals surface area (Å²) in [4.78, 5) is 15.3.